The van der Waals surface area contributed by atoms with Gasteiger partial charge >= 0.3 is 0 Å². The molecule has 5 heteroatoms. The molecular weight excluding hydrogens is 272 g/mol. The summed E-state index contributed by atoms with van der Waals surface area (Å²) in [6, 6.07) is 5.76. The molecule has 20 heavy (non-hydrogen) atoms. The predicted octanol–water partition coefficient (Wildman–Crippen LogP) is 2.55. The Morgan fingerprint density at radius 1 is 1.50 bits per heavy atom. The predicted molar refractivity (Wildman–Crippen MR) is 79.0 cm³/mol. The Labute approximate surface area is 121 Å². The maximum atomic E-state index is 12.6. The van der Waals surface area contributed by atoms with Crippen LogP contribution >= 0.6 is 11.3 Å². The molecule has 1 amide bonds. The van der Waals surface area contributed by atoms with Crippen LogP contribution in [0.15, 0.2) is 34.6 Å². The fraction of sp³-hybridized carbons (Fsp3) is 0.333. The molecule has 0 saturated heterocycles. The van der Waals surface area contributed by atoms with Crippen molar-refractivity contribution in [1.29, 1.82) is 0 Å². The summed E-state index contributed by atoms with van der Waals surface area (Å²) in [5.41, 5.74) is 0.796. The van der Waals surface area contributed by atoms with Crippen molar-refractivity contribution in [2.24, 2.45) is 0 Å². The van der Waals surface area contributed by atoms with Gasteiger partial charge < -0.3 is 9.88 Å². The average molecular weight is 288 g/mol. The number of carbonyl (C=O) groups excluding carboxylic acids is 1. The number of aryl methyl sites for hydroxylation is 1. The van der Waals surface area contributed by atoms with Crippen LogP contribution < -0.4 is 5.43 Å². The molecule has 0 radical (unpaired) electrons. The number of amides is 1. The highest BCUT2D eigenvalue weighted by atomic mass is 32.1. The van der Waals surface area contributed by atoms with Crippen molar-refractivity contribution in [3.63, 3.8) is 0 Å². The number of rotatable bonds is 4. The van der Waals surface area contributed by atoms with Gasteiger partial charge in [-0.25, -0.2) is 0 Å². The number of hydrogen-bond donors (Lipinski definition) is 1. The monoisotopic (exact) mass is 288 g/mol. The summed E-state index contributed by atoms with van der Waals surface area (Å²) in [7, 11) is 0. The van der Waals surface area contributed by atoms with E-state index in [2.05, 4.69) is 4.98 Å². The van der Waals surface area contributed by atoms with Crippen molar-refractivity contribution < 1.29 is 4.79 Å². The molecule has 0 bridgehead atoms. The molecule has 1 N–H and O–H groups in total. The van der Waals surface area contributed by atoms with Crippen LogP contribution in [0.2, 0.25) is 0 Å². The molecule has 3 rings (SSSR count). The molecule has 0 unspecified atom stereocenters. The number of nitrogens with one attached hydrogen (secondary N) is 1. The summed E-state index contributed by atoms with van der Waals surface area (Å²) >= 11 is 1.64. The van der Waals surface area contributed by atoms with Crippen LogP contribution in [-0.4, -0.2) is 21.8 Å². The van der Waals surface area contributed by atoms with Crippen molar-refractivity contribution in [2.75, 3.05) is 0 Å². The zero-order chi connectivity index (χ0) is 14.1. The lowest BCUT2D eigenvalue weighted by Gasteiger charge is -2.21. The Hall–Kier alpha value is -1.88. The summed E-state index contributed by atoms with van der Waals surface area (Å²) in [5, 5.41) is 2.00. The number of pyridine rings is 1. The van der Waals surface area contributed by atoms with Gasteiger partial charge in [-0.3, -0.25) is 9.59 Å². The van der Waals surface area contributed by atoms with Crippen LogP contribution in [0.25, 0.3) is 0 Å². The van der Waals surface area contributed by atoms with Crippen molar-refractivity contribution >= 4 is 17.2 Å². The Kier molecular flexibility index (Phi) is 3.44. The Morgan fingerprint density at radius 2 is 2.30 bits per heavy atom. The highest BCUT2D eigenvalue weighted by molar-refractivity contribution is 7.09. The van der Waals surface area contributed by atoms with Gasteiger partial charge in [0.15, 0.2) is 5.43 Å². The van der Waals surface area contributed by atoms with E-state index in [9.17, 15) is 9.59 Å². The Bertz CT molecular complexity index is 671. The van der Waals surface area contributed by atoms with Crippen LogP contribution in [0, 0.1) is 6.92 Å². The number of nitrogens with zero attached hydrogens (tertiary/aromatic N) is 1. The zero-order valence-corrected chi connectivity index (χ0v) is 12.1. The van der Waals surface area contributed by atoms with E-state index in [1.165, 1.54) is 12.3 Å². The lowest BCUT2D eigenvalue weighted by Crippen LogP contribution is -2.35. The fourth-order valence-electron chi connectivity index (χ4n) is 2.22. The third-order valence-electron chi connectivity index (χ3n) is 3.44. The summed E-state index contributed by atoms with van der Waals surface area (Å²) in [6.07, 6.45) is 3.59. The molecule has 0 spiro atoms. The minimum atomic E-state index is -0.205. The van der Waals surface area contributed by atoms with Gasteiger partial charge in [0.1, 0.15) is 5.56 Å². The second kappa shape index (κ2) is 5.25. The maximum absolute atomic E-state index is 12.6. The molecule has 4 nitrogen and oxygen atoms in total. The first-order valence-corrected chi connectivity index (χ1v) is 7.56. The van der Waals surface area contributed by atoms with Crippen molar-refractivity contribution in [3.8, 4) is 0 Å². The minimum absolute atomic E-state index is 0.165. The molecule has 1 aliphatic carbocycles. The smallest absolute Gasteiger partial charge is 0.259 e. The number of hydrogen-bond acceptors (Lipinski definition) is 3. The SMILES string of the molecule is Cc1cc(=O)c(C(=O)N(Cc2cccs2)C2CC2)c[nH]1. The van der Waals surface area contributed by atoms with Gasteiger partial charge in [0.25, 0.3) is 5.91 Å². The van der Waals surface area contributed by atoms with Gasteiger partial charge in [-0.05, 0) is 31.2 Å². The highest BCUT2D eigenvalue weighted by Crippen LogP contribution is 2.30. The first kappa shape index (κ1) is 13.1. The second-order valence-electron chi connectivity index (χ2n) is 5.14. The van der Waals surface area contributed by atoms with Crippen molar-refractivity contribution in [3.05, 3.63) is 56.1 Å². The quantitative estimate of drug-likeness (QED) is 0.940. The molecule has 0 atom stereocenters. The maximum Gasteiger partial charge on any atom is 0.259 e. The number of carbonyl (C=O) groups is 1. The molecule has 0 aromatic carbocycles. The lowest BCUT2D eigenvalue weighted by molar-refractivity contribution is 0.0730. The van der Waals surface area contributed by atoms with E-state index in [-0.39, 0.29) is 22.9 Å². The van der Waals surface area contributed by atoms with Crippen LogP contribution in [-0.2, 0) is 6.54 Å². The van der Waals surface area contributed by atoms with Crippen LogP contribution in [0.1, 0.15) is 33.8 Å². The summed E-state index contributed by atoms with van der Waals surface area (Å²) < 4.78 is 0. The third-order valence-corrected chi connectivity index (χ3v) is 4.30. The van der Waals surface area contributed by atoms with Gasteiger partial charge in [0.05, 0.1) is 6.54 Å². The van der Waals surface area contributed by atoms with Gasteiger partial charge in [-0.2, -0.15) is 0 Å². The van der Waals surface area contributed by atoms with E-state index in [1.54, 1.807) is 18.3 Å². The van der Waals surface area contributed by atoms with Gasteiger partial charge in [0, 0.05) is 28.9 Å². The fourth-order valence-corrected chi connectivity index (χ4v) is 2.92. The van der Waals surface area contributed by atoms with E-state index in [1.807, 2.05) is 22.4 Å². The zero-order valence-electron chi connectivity index (χ0n) is 11.3. The van der Waals surface area contributed by atoms with Crippen molar-refractivity contribution in [2.45, 2.75) is 32.4 Å². The molecule has 2 aromatic rings. The average Bonchev–Trinajstić information content (AvgIpc) is 3.12. The summed E-state index contributed by atoms with van der Waals surface area (Å²) in [4.78, 5) is 30.5. The van der Waals surface area contributed by atoms with Gasteiger partial charge in [0.2, 0.25) is 0 Å². The van der Waals surface area contributed by atoms with E-state index >= 15 is 0 Å². The number of aromatic nitrogens is 1. The van der Waals surface area contributed by atoms with E-state index in [0.717, 1.165) is 23.4 Å². The topological polar surface area (TPSA) is 53.2 Å². The van der Waals surface area contributed by atoms with Gasteiger partial charge in [-0.1, -0.05) is 6.07 Å². The molecule has 104 valence electrons. The van der Waals surface area contributed by atoms with E-state index in [4.69, 9.17) is 0 Å². The number of thiophene rings is 1. The molecule has 0 aliphatic heterocycles. The Balaban J connectivity index is 1.87. The first-order valence-electron chi connectivity index (χ1n) is 6.68. The molecule has 2 heterocycles. The minimum Gasteiger partial charge on any atom is -0.364 e. The number of H-pyrrole nitrogens is 1. The Morgan fingerprint density at radius 3 is 2.90 bits per heavy atom. The van der Waals surface area contributed by atoms with Crippen molar-refractivity contribution in [1.82, 2.24) is 9.88 Å². The van der Waals surface area contributed by atoms with Crippen LogP contribution in [0.5, 0.6) is 0 Å². The molecular formula is C15H16N2O2S. The van der Waals surface area contributed by atoms with E-state index < -0.39 is 0 Å². The van der Waals surface area contributed by atoms with E-state index in [0.29, 0.717) is 6.54 Å². The lowest BCUT2D eigenvalue weighted by atomic mass is 10.2. The molecule has 2 aromatic heterocycles. The summed E-state index contributed by atoms with van der Waals surface area (Å²) in [5.74, 6) is -0.165. The largest absolute Gasteiger partial charge is 0.364 e. The van der Waals surface area contributed by atoms with Crippen LogP contribution in [0.3, 0.4) is 0 Å². The van der Waals surface area contributed by atoms with Crippen LogP contribution in [0.4, 0.5) is 0 Å². The first-order chi connectivity index (χ1) is 9.65. The van der Waals surface area contributed by atoms with Gasteiger partial charge in [-0.15, -0.1) is 11.3 Å². The number of aromatic amines is 1. The molecule has 1 fully saturated rings. The normalized spacial score (nSPS) is 14.2. The summed E-state index contributed by atoms with van der Waals surface area (Å²) in [6.45, 7) is 2.40. The standard InChI is InChI=1S/C15H16N2O2S/c1-10-7-14(18)13(8-16-10)15(19)17(11-4-5-11)9-12-3-2-6-20-12/h2-3,6-8,11H,4-5,9H2,1H3,(H,16,18). The third kappa shape index (κ3) is 2.67. The molecule has 1 aliphatic rings. The second-order valence-corrected chi connectivity index (χ2v) is 6.17. The highest BCUT2D eigenvalue weighted by Gasteiger charge is 2.34. The molecule has 1 saturated carbocycles.